The predicted molar refractivity (Wildman–Crippen MR) is 176 cm³/mol. The van der Waals surface area contributed by atoms with Gasteiger partial charge in [0.2, 0.25) is 0 Å². The van der Waals surface area contributed by atoms with E-state index in [9.17, 15) is 14.7 Å². The third-order valence-corrected chi connectivity index (χ3v) is 10.4. The zero-order chi connectivity index (χ0) is 33.9. The minimum atomic E-state index is -1.43. The molecule has 0 amide bonds. The fraction of sp³-hybridized carbons (Fsp3) is 0.886. The number of nitrogens with zero attached hydrogens (tertiary/aromatic N) is 3. The van der Waals surface area contributed by atoms with Crippen LogP contribution in [0.15, 0.2) is 11.6 Å². The first-order chi connectivity index (χ1) is 21.0. The number of ketones is 1. The second-order valence-corrected chi connectivity index (χ2v) is 15.1. The van der Waals surface area contributed by atoms with E-state index in [1.807, 2.05) is 39.8 Å². The summed E-state index contributed by atoms with van der Waals surface area (Å²) in [5, 5.41) is 11.3. The van der Waals surface area contributed by atoms with Crippen molar-refractivity contribution in [2.24, 2.45) is 17.3 Å². The number of cyclic esters (lactones) is 1. The molecule has 2 fully saturated rings. The van der Waals surface area contributed by atoms with Gasteiger partial charge in [-0.2, -0.15) is 0 Å². The minimum Gasteiger partial charge on any atom is -0.460 e. The summed E-state index contributed by atoms with van der Waals surface area (Å²) >= 11 is 0. The maximum Gasteiger partial charge on any atom is 0.319 e. The summed E-state index contributed by atoms with van der Waals surface area (Å²) in [6.45, 7) is 19.0. The molecule has 3 rings (SSSR count). The molecule has 0 aromatic carbocycles. The van der Waals surface area contributed by atoms with Crippen molar-refractivity contribution in [3.8, 4) is 0 Å². The second-order valence-electron chi connectivity index (χ2n) is 15.1. The summed E-state index contributed by atoms with van der Waals surface area (Å²) in [6, 6.07) is -0.283. The normalized spacial score (nSPS) is 39.9. The van der Waals surface area contributed by atoms with Crippen molar-refractivity contribution < 1.29 is 33.6 Å². The number of hydrogen-bond acceptors (Lipinski definition) is 10. The van der Waals surface area contributed by atoms with Gasteiger partial charge in [0.1, 0.15) is 17.6 Å². The highest BCUT2D eigenvalue weighted by Crippen LogP contribution is 2.39. The number of carbonyl (C=O) groups is 2. The zero-order valence-electron chi connectivity index (χ0n) is 30.2. The number of hydrogen-bond donors (Lipinski definition) is 1. The van der Waals surface area contributed by atoms with Crippen LogP contribution in [0.25, 0.3) is 0 Å². The van der Waals surface area contributed by atoms with Gasteiger partial charge < -0.3 is 29.0 Å². The summed E-state index contributed by atoms with van der Waals surface area (Å²) in [4.78, 5) is 34.9. The van der Waals surface area contributed by atoms with E-state index in [1.165, 1.54) is 5.57 Å². The lowest BCUT2D eigenvalue weighted by atomic mass is 9.74. The third-order valence-electron chi connectivity index (χ3n) is 10.4. The Morgan fingerprint density at radius 2 is 1.80 bits per heavy atom. The lowest BCUT2D eigenvalue weighted by Gasteiger charge is -2.47. The number of Topliss-reactive ketones (excluding diaryl/α,β-unsaturated/α-hetero) is 1. The van der Waals surface area contributed by atoms with Crippen LogP contribution in [0, 0.1) is 17.3 Å². The Labute approximate surface area is 272 Å². The van der Waals surface area contributed by atoms with Gasteiger partial charge in [-0.3, -0.25) is 19.4 Å². The Morgan fingerprint density at radius 1 is 1.13 bits per heavy atom. The van der Waals surface area contributed by atoms with E-state index in [0.717, 1.165) is 39.0 Å². The maximum atomic E-state index is 14.3. The summed E-state index contributed by atoms with van der Waals surface area (Å²) in [5.41, 5.74) is -1.09. The molecule has 0 saturated carbocycles. The van der Waals surface area contributed by atoms with E-state index >= 15 is 0 Å². The number of aliphatic hydroxyl groups excluding tert-OH is 1. The van der Waals surface area contributed by atoms with Crippen LogP contribution >= 0.6 is 0 Å². The standard InChI is InChI=1S/C35H63N3O7/c1-13-16-38-17-14-26(15-18-38)28-25(5)44-33(41)34(6,7)30(40)24(4)31(35(8,42-12)20-22(2)21-37(28)11)45-32-29(39)27(36(9)10)19-23(3)43-32/h14,22-25,27-29,31-32,39H,13,15-21H2,1-12H3/t22-,23?,24+,25-,27-,28-,29-,31-,32?,35-/m1/s1. The molecule has 2 saturated heterocycles. The molecular formula is C35H63N3O7. The molecule has 0 aromatic heterocycles. The molecule has 45 heavy (non-hydrogen) atoms. The van der Waals surface area contributed by atoms with E-state index in [-0.39, 0.29) is 29.9 Å². The Bertz CT molecular complexity index is 1030. The number of methoxy groups -OCH3 is 1. The number of aliphatic hydroxyl groups is 1. The minimum absolute atomic E-state index is 0.111. The Balaban J connectivity index is 2.02. The van der Waals surface area contributed by atoms with Gasteiger partial charge in [-0.1, -0.05) is 32.4 Å². The molecular weight excluding hydrogens is 574 g/mol. The van der Waals surface area contributed by atoms with E-state index in [0.29, 0.717) is 12.8 Å². The van der Waals surface area contributed by atoms with Gasteiger partial charge in [-0.25, -0.2) is 0 Å². The first-order valence-corrected chi connectivity index (χ1v) is 17.0. The number of likely N-dealkylation sites (N-methyl/N-ethyl adjacent to an activating group) is 2. The van der Waals surface area contributed by atoms with Crippen LogP contribution in [0.5, 0.6) is 0 Å². The van der Waals surface area contributed by atoms with Crippen LogP contribution in [0.4, 0.5) is 0 Å². The predicted octanol–water partition coefficient (Wildman–Crippen LogP) is 3.75. The Morgan fingerprint density at radius 3 is 2.36 bits per heavy atom. The monoisotopic (exact) mass is 637 g/mol. The van der Waals surface area contributed by atoms with Gasteiger partial charge in [0.05, 0.1) is 23.9 Å². The molecule has 10 atom stereocenters. The highest BCUT2D eigenvalue weighted by molar-refractivity contribution is 6.04. The van der Waals surface area contributed by atoms with Crippen molar-refractivity contribution in [3.05, 3.63) is 11.6 Å². The lowest BCUT2D eigenvalue weighted by molar-refractivity contribution is -0.295. The van der Waals surface area contributed by atoms with Crippen molar-refractivity contribution in [2.75, 3.05) is 54.4 Å². The third kappa shape index (κ3) is 8.75. The van der Waals surface area contributed by atoms with Crippen molar-refractivity contribution in [2.45, 2.75) is 129 Å². The average molecular weight is 638 g/mol. The fourth-order valence-corrected chi connectivity index (χ4v) is 7.91. The SMILES string of the molecule is CCCN1CC=C([C@H]2[C@@H](C)OC(=O)C(C)(C)C(=O)[C@H](C)[C@@H](OC3OC(C)C[C@@H](N(C)C)[C@H]3O)[C@](C)(OC)C[C@@H](C)CN2C)CC1. The molecule has 3 aliphatic heterocycles. The van der Waals surface area contributed by atoms with Crippen LogP contribution in [0.2, 0.25) is 0 Å². The van der Waals surface area contributed by atoms with Crippen molar-refractivity contribution in [3.63, 3.8) is 0 Å². The molecule has 3 aliphatic rings. The van der Waals surface area contributed by atoms with Crippen LogP contribution in [0.3, 0.4) is 0 Å². The van der Waals surface area contributed by atoms with Crippen molar-refractivity contribution in [1.29, 1.82) is 0 Å². The van der Waals surface area contributed by atoms with Crippen molar-refractivity contribution >= 4 is 11.8 Å². The maximum absolute atomic E-state index is 14.3. The highest BCUT2D eigenvalue weighted by atomic mass is 16.7. The van der Waals surface area contributed by atoms with Crippen LogP contribution < -0.4 is 0 Å². The number of esters is 1. The van der Waals surface area contributed by atoms with E-state index in [2.05, 4.69) is 36.8 Å². The molecule has 10 heteroatoms. The summed E-state index contributed by atoms with van der Waals surface area (Å²) in [6.07, 6.45) is 2.27. The van der Waals surface area contributed by atoms with Crippen LogP contribution in [-0.2, 0) is 28.5 Å². The molecule has 2 unspecified atom stereocenters. The van der Waals surface area contributed by atoms with E-state index in [4.69, 9.17) is 18.9 Å². The zero-order valence-corrected chi connectivity index (χ0v) is 30.2. The Kier molecular flexibility index (Phi) is 13.2. The summed E-state index contributed by atoms with van der Waals surface area (Å²) in [7, 11) is 7.60. The number of ether oxygens (including phenoxy) is 4. The topological polar surface area (TPSA) is 101 Å². The van der Waals surface area contributed by atoms with Crippen molar-refractivity contribution in [1.82, 2.24) is 14.7 Å². The van der Waals surface area contributed by atoms with Crippen LogP contribution in [-0.4, -0.2) is 134 Å². The van der Waals surface area contributed by atoms with Gasteiger partial charge in [0.25, 0.3) is 0 Å². The quantitative estimate of drug-likeness (QED) is 0.252. The van der Waals surface area contributed by atoms with Crippen LogP contribution in [0.1, 0.15) is 81.1 Å². The number of carbonyl (C=O) groups excluding carboxylic acids is 2. The van der Waals surface area contributed by atoms with Gasteiger partial charge in [0.15, 0.2) is 12.1 Å². The fourth-order valence-electron chi connectivity index (χ4n) is 7.91. The largest absolute Gasteiger partial charge is 0.460 e. The number of rotatable bonds is 7. The molecule has 0 bridgehead atoms. The van der Waals surface area contributed by atoms with Gasteiger partial charge in [-0.15, -0.1) is 0 Å². The molecule has 0 radical (unpaired) electrons. The summed E-state index contributed by atoms with van der Waals surface area (Å²) in [5.74, 6) is -1.46. The Hall–Kier alpha value is -1.40. The van der Waals surface area contributed by atoms with E-state index in [1.54, 1.807) is 27.9 Å². The molecule has 10 nitrogen and oxygen atoms in total. The van der Waals surface area contributed by atoms with E-state index < -0.39 is 47.5 Å². The average Bonchev–Trinajstić information content (AvgIpc) is 2.96. The summed E-state index contributed by atoms with van der Waals surface area (Å²) < 4.78 is 25.2. The molecule has 0 aromatic rings. The first-order valence-electron chi connectivity index (χ1n) is 17.0. The van der Waals surface area contributed by atoms with Gasteiger partial charge >= 0.3 is 5.97 Å². The van der Waals surface area contributed by atoms with Gasteiger partial charge in [0, 0.05) is 38.7 Å². The smallest absolute Gasteiger partial charge is 0.319 e. The highest BCUT2D eigenvalue weighted by Gasteiger charge is 2.52. The molecule has 3 heterocycles. The lowest BCUT2D eigenvalue weighted by Crippen LogP contribution is -2.59. The molecule has 260 valence electrons. The second kappa shape index (κ2) is 15.7. The first kappa shape index (κ1) is 38.1. The van der Waals surface area contributed by atoms with Gasteiger partial charge in [-0.05, 0) is 93.9 Å². The molecule has 0 aliphatic carbocycles. The molecule has 0 spiro atoms. The molecule has 1 N–H and O–H groups in total.